The number of carboxylic acids is 1. The van der Waals surface area contributed by atoms with Gasteiger partial charge in [0.15, 0.2) is 0 Å². The number of carbonyl (C=O) groups is 1. The van der Waals surface area contributed by atoms with Gasteiger partial charge in [-0.3, -0.25) is 0 Å². The van der Waals surface area contributed by atoms with Crippen LogP contribution in [0.3, 0.4) is 0 Å². The number of hydrogen-bond donors (Lipinski definition) is 2. The first-order valence-electron chi connectivity index (χ1n) is 8.15. The lowest BCUT2D eigenvalue weighted by Gasteiger charge is -2.57. The van der Waals surface area contributed by atoms with E-state index < -0.39 is 5.97 Å². The molecule has 4 fully saturated rings. The number of benzene rings is 1. The van der Waals surface area contributed by atoms with Crippen molar-refractivity contribution in [1.29, 1.82) is 0 Å². The monoisotopic (exact) mass is 285 g/mol. The number of carboxylic acid groups (broad SMARTS) is 1. The maximum absolute atomic E-state index is 11.5. The molecule has 0 aromatic heterocycles. The zero-order valence-corrected chi connectivity index (χ0v) is 12.6. The van der Waals surface area contributed by atoms with E-state index >= 15 is 0 Å². The van der Waals surface area contributed by atoms with Crippen molar-refractivity contribution >= 4 is 11.7 Å². The number of aromatic carboxylic acids is 1. The average molecular weight is 285 g/mol. The highest BCUT2D eigenvalue weighted by molar-refractivity contribution is 5.94. The van der Waals surface area contributed by atoms with Crippen LogP contribution in [0.4, 0.5) is 5.69 Å². The fraction of sp³-hybridized carbons (Fsp3) is 0.611. The fourth-order valence-corrected chi connectivity index (χ4v) is 5.49. The van der Waals surface area contributed by atoms with Crippen molar-refractivity contribution in [1.82, 2.24) is 0 Å². The second-order valence-corrected chi connectivity index (χ2v) is 7.68. The van der Waals surface area contributed by atoms with E-state index in [1.54, 1.807) is 6.07 Å². The van der Waals surface area contributed by atoms with Crippen molar-refractivity contribution in [2.24, 2.45) is 17.8 Å². The Morgan fingerprint density at radius 2 is 1.71 bits per heavy atom. The molecule has 4 saturated carbocycles. The minimum Gasteiger partial charge on any atom is -0.478 e. The second-order valence-electron chi connectivity index (χ2n) is 7.68. The Balaban J connectivity index is 1.66. The van der Waals surface area contributed by atoms with Gasteiger partial charge in [0.2, 0.25) is 0 Å². The molecule has 0 unspecified atom stereocenters. The van der Waals surface area contributed by atoms with E-state index in [2.05, 4.69) is 5.32 Å². The summed E-state index contributed by atoms with van der Waals surface area (Å²) in [6, 6.07) is 5.75. The first kappa shape index (κ1) is 13.2. The quantitative estimate of drug-likeness (QED) is 0.880. The highest BCUT2D eigenvalue weighted by Gasteiger charge is 2.51. The van der Waals surface area contributed by atoms with Crippen LogP contribution in [0.15, 0.2) is 18.2 Å². The molecule has 3 heteroatoms. The predicted octanol–water partition coefficient (Wildman–Crippen LogP) is 4.07. The lowest BCUT2D eigenvalue weighted by atomic mass is 9.53. The maximum atomic E-state index is 11.5. The van der Waals surface area contributed by atoms with Crippen molar-refractivity contribution in [3.05, 3.63) is 29.3 Å². The molecule has 0 radical (unpaired) electrons. The molecule has 21 heavy (non-hydrogen) atoms. The largest absolute Gasteiger partial charge is 0.478 e. The molecular formula is C18H23NO2. The lowest BCUT2D eigenvalue weighted by molar-refractivity contribution is 0.0107. The zero-order chi connectivity index (χ0) is 14.6. The van der Waals surface area contributed by atoms with Gasteiger partial charge < -0.3 is 10.4 Å². The zero-order valence-electron chi connectivity index (χ0n) is 12.6. The van der Waals surface area contributed by atoms with Crippen LogP contribution in [0.2, 0.25) is 0 Å². The van der Waals surface area contributed by atoms with Gasteiger partial charge in [-0.1, -0.05) is 11.6 Å². The maximum Gasteiger partial charge on any atom is 0.337 e. The molecular weight excluding hydrogens is 262 g/mol. The highest BCUT2D eigenvalue weighted by atomic mass is 16.4. The average Bonchev–Trinajstić information content (AvgIpc) is 2.38. The van der Waals surface area contributed by atoms with E-state index in [4.69, 9.17) is 0 Å². The molecule has 0 aliphatic heterocycles. The van der Waals surface area contributed by atoms with Gasteiger partial charge in [0, 0.05) is 11.2 Å². The minimum atomic E-state index is -0.828. The van der Waals surface area contributed by atoms with Gasteiger partial charge in [0.05, 0.1) is 5.56 Å². The Kier molecular flexibility index (Phi) is 2.82. The summed E-state index contributed by atoms with van der Waals surface area (Å²) in [5.74, 6) is 1.76. The molecule has 2 N–H and O–H groups in total. The van der Waals surface area contributed by atoms with Crippen molar-refractivity contribution in [3.63, 3.8) is 0 Å². The van der Waals surface area contributed by atoms with Crippen LogP contribution >= 0.6 is 0 Å². The molecule has 1 aromatic rings. The topological polar surface area (TPSA) is 49.3 Å². The minimum absolute atomic E-state index is 0.161. The molecule has 4 aliphatic carbocycles. The summed E-state index contributed by atoms with van der Waals surface area (Å²) in [5, 5.41) is 13.1. The molecule has 4 bridgehead atoms. The van der Waals surface area contributed by atoms with Crippen LogP contribution < -0.4 is 5.32 Å². The Labute approximate surface area is 125 Å². The number of aryl methyl sites for hydroxylation is 1. The van der Waals surface area contributed by atoms with Crippen LogP contribution in [0.1, 0.15) is 54.4 Å². The molecule has 0 heterocycles. The van der Waals surface area contributed by atoms with Crippen molar-refractivity contribution in [3.8, 4) is 0 Å². The summed E-state index contributed by atoms with van der Waals surface area (Å²) in [6.45, 7) is 1.95. The third kappa shape index (κ3) is 2.23. The van der Waals surface area contributed by atoms with Gasteiger partial charge in [-0.25, -0.2) is 4.79 Å². The molecule has 112 valence electrons. The first-order chi connectivity index (χ1) is 10.0. The third-order valence-corrected chi connectivity index (χ3v) is 5.84. The summed E-state index contributed by atoms with van der Waals surface area (Å²) in [4.78, 5) is 11.5. The molecule has 3 nitrogen and oxygen atoms in total. The van der Waals surface area contributed by atoms with Crippen LogP contribution in [0, 0.1) is 24.7 Å². The first-order valence-corrected chi connectivity index (χ1v) is 8.15. The van der Waals surface area contributed by atoms with Crippen molar-refractivity contribution in [2.45, 2.75) is 51.0 Å². The summed E-state index contributed by atoms with van der Waals surface area (Å²) >= 11 is 0. The van der Waals surface area contributed by atoms with E-state index in [0.717, 1.165) is 29.0 Å². The predicted molar refractivity (Wildman–Crippen MR) is 82.7 cm³/mol. The third-order valence-electron chi connectivity index (χ3n) is 5.84. The summed E-state index contributed by atoms with van der Waals surface area (Å²) in [5.41, 5.74) is 2.40. The molecule has 0 saturated heterocycles. The van der Waals surface area contributed by atoms with Crippen molar-refractivity contribution < 1.29 is 9.90 Å². The Morgan fingerprint density at radius 3 is 2.24 bits per heavy atom. The van der Waals surface area contributed by atoms with Gasteiger partial charge >= 0.3 is 5.97 Å². The molecule has 4 aliphatic rings. The molecule has 0 spiro atoms. The Morgan fingerprint density at radius 1 is 1.14 bits per heavy atom. The molecule has 0 atom stereocenters. The van der Waals surface area contributed by atoms with E-state index in [9.17, 15) is 9.90 Å². The summed E-state index contributed by atoms with van der Waals surface area (Å²) in [6.07, 6.45) is 7.89. The number of nitrogens with one attached hydrogen (secondary N) is 1. The number of rotatable bonds is 3. The van der Waals surface area contributed by atoms with Gasteiger partial charge in [0.1, 0.15) is 0 Å². The van der Waals surface area contributed by atoms with Gasteiger partial charge in [0.25, 0.3) is 0 Å². The smallest absolute Gasteiger partial charge is 0.337 e. The second kappa shape index (κ2) is 4.49. The van der Waals surface area contributed by atoms with E-state index in [0.29, 0.717) is 5.56 Å². The highest BCUT2D eigenvalue weighted by Crippen LogP contribution is 2.56. The summed E-state index contributed by atoms with van der Waals surface area (Å²) < 4.78 is 0. The Hall–Kier alpha value is -1.51. The van der Waals surface area contributed by atoms with E-state index in [1.165, 1.54) is 38.5 Å². The van der Waals surface area contributed by atoms with Gasteiger partial charge in [-0.15, -0.1) is 0 Å². The van der Waals surface area contributed by atoms with Crippen molar-refractivity contribution in [2.75, 3.05) is 5.32 Å². The fourth-order valence-electron chi connectivity index (χ4n) is 5.49. The van der Waals surface area contributed by atoms with E-state index in [-0.39, 0.29) is 5.54 Å². The standard InChI is InChI=1S/C18H23NO2/c1-11-2-3-16(15(4-11)17(20)21)19-18-8-12-5-13(9-18)7-14(6-12)10-18/h2-4,12-14,19H,5-10H2,1H3,(H,20,21). The normalized spacial score (nSPS) is 36.7. The Bertz CT molecular complexity index is 558. The SMILES string of the molecule is Cc1ccc(NC23CC4CC(CC(C4)C2)C3)c(C(=O)O)c1. The molecule has 0 amide bonds. The summed E-state index contributed by atoms with van der Waals surface area (Å²) in [7, 11) is 0. The van der Waals surface area contributed by atoms with Crippen LogP contribution in [-0.2, 0) is 0 Å². The van der Waals surface area contributed by atoms with Gasteiger partial charge in [-0.2, -0.15) is 0 Å². The number of hydrogen-bond acceptors (Lipinski definition) is 2. The molecule has 5 rings (SSSR count). The van der Waals surface area contributed by atoms with Gasteiger partial charge in [-0.05, 0) is 75.3 Å². The molecule has 1 aromatic carbocycles. The van der Waals surface area contributed by atoms with Crippen LogP contribution in [0.5, 0.6) is 0 Å². The van der Waals surface area contributed by atoms with Crippen LogP contribution in [0.25, 0.3) is 0 Å². The lowest BCUT2D eigenvalue weighted by Crippen LogP contribution is -2.54. The van der Waals surface area contributed by atoms with Crippen LogP contribution in [-0.4, -0.2) is 16.6 Å². The number of anilines is 1. The van der Waals surface area contributed by atoms with E-state index in [1.807, 2.05) is 19.1 Å².